The fourth-order valence-electron chi connectivity index (χ4n) is 3.66. The fourth-order valence-corrected chi connectivity index (χ4v) is 3.66. The maximum Gasteiger partial charge on any atom is 0.295 e. The highest BCUT2D eigenvalue weighted by Crippen LogP contribution is 2.39. The number of ether oxygens (including phenoxy) is 2. The van der Waals surface area contributed by atoms with Crippen LogP contribution in [0.5, 0.6) is 5.75 Å². The van der Waals surface area contributed by atoms with Crippen LogP contribution in [0, 0.1) is 12.7 Å². The average Bonchev–Trinajstić information content (AvgIpc) is 2.99. The summed E-state index contributed by atoms with van der Waals surface area (Å²) in [7, 11) is 3.10. The topological polar surface area (TPSA) is 76.1 Å². The van der Waals surface area contributed by atoms with Gasteiger partial charge in [-0.05, 0) is 54.8 Å². The standard InChI is InChI=1S/C23H24FNO5/c1-14-13-16(7-10-18(14)30-3)21(26)19-20(15-5-8-17(24)9-6-15)25(11-4-12-29-2)23(28)22(19)27/h5-10,13,20,26H,4,11-12H2,1-3H3/t20-/m0/s1. The summed E-state index contributed by atoms with van der Waals surface area (Å²) in [5.74, 6) is -1.54. The van der Waals surface area contributed by atoms with Crippen molar-refractivity contribution in [3.8, 4) is 5.75 Å². The molecule has 2 aromatic rings. The number of Topliss-reactive ketones (excluding diaryl/α,β-unsaturated/α-hetero) is 1. The molecule has 6 nitrogen and oxygen atoms in total. The zero-order chi connectivity index (χ0) is 21.8. The number of aliphatic hydroxyl groups is 1. The van der Waals surface area contributed by atoms with E-state index < -0.39 is 23.5 Å². The van der Waals surface area contributed by atoms with Gasteiger partial charge in [0.25, 0.3) is 11.7 Å². The van der Waals surface area contributed by atoms with E-state index in [1.54, 1.807) is 32.4 Å². The van der Waals surface area contributed by atoms with Gasteiger partial charge in [0, 0.05) is 25.8 Å². The van der Waals surface area contributed by atoms with E-state index in [1.165, 1.54) is 29.2 Å². The first-order chi connectivity index (χ1) is 14.4. The molecule has 0 radical (unpaired) electrons. The summed E-state index contributed by atoms with van der Waals surface area (Å²) in [5.41, 5.74) is 1.69. The van der Waals surface area contributed by atoms with Crippen molar-refractivity contribution in [3.05, 3.63) is 70.5 Å². The van der Waals surface area contributed by atoms with E-state index in [0.717, 1.165) is 5.56 Å². The van der Waals surface area contributed by atoms with Gasteiger partial charge >= 0.3 is 0 Å². The monoisotopic (exact) mass is 413 g/mol. The highest BCUT2D eigenvalue weighted by molar-refractivity contribution is 6.46. The molecule has 0 saturated carbocycles. The first-order valence-electron chi connectivity index (χ1n) is 9.56. The predicted octanol–water partition coefficient (Wildman–Crippen LogP) is 3.60. The number of hydrogen-bond donors (Lipinski definition) is 1. The van der Waals surface area contributed by atoms with Crippen LogP contribution in [-0.2, 0) is 14.3 Å². The molecule has 2 aromatic carbocycles. The number of benzene rings is 2. The van der Waals surface area contributed by atoms with Gasteiger partial charge in [-0.2, -0.15) is 0 Å². The molecule has 1 aliphatic rings. The molecule has 1 amide bonds. The van der Waals surface area contributed by atoms with Crippen LogP contribution in [0.2, 0.25) is 0 Å². The zero-order valence-electron chi connectivity index (χ0n) is 17.1. The number of amides is 1. The van der Waals surface area contributed by atoms with Gasteiger partial charge in [-0.15, -0.1) is 0 Å². The highest BCUT2D eigenvalue weighted by atomic mass is 19.1. The molecule has 1 fully saturated rings. The quantitative estimate of drug-likeness (QED) is 0.325. The Bertz CT molecular complexity index is 984. The van der Waals surface area contributed by atoms with Crippen molar-refractivity contribution in [3.63, 3.8) is 0 Å². The molecule has 30 heavy (non-hydrogen) atoms. The Balaban J connectivity index is 2.12. The summed E-state index contributed by atoms with van der Waals surface area (Å²) in [4.78, 5) is 27.0. The molecule has 0 aromatic heterocycles. The molecule has 0 spiro atoms. The number of carbonyl (C=O) groups is 2. The number of hydrogen-bond acceptors (Lipinski definition) is 5. The first-order valence-corrected chi connectivity index (χ1v) is 9.56. The summed E-state index contributed by atoms with van der Waals surface area (Å²) in [6.45, 7) is 2.49. The molecule has 1 heterocycles. The Labute approximate surface area is 174 Å². The van der Waals surface area contributed by atoms with Crippen molar-refractivity contribution in [2.75, 3.05) is 27.4 Å². The average molecular weight is 413 g/mol. The van der Waals surface area contributed by atoms with Crippen LogP contribution >= 0.6 is 0 Å². The molecule has 7 heteroatoms. The maximum atomic E-state index is 13.5. The van der Waals surface area contributed by atoms with Gasteiger partial charge in [-0.25, -0.2) is 4.39 Å². The van der Waals surface area contributed by atoms with E-state index in [1.807, 2.05) is 6.92 Å². The van der Waals surface area contributed by atoms with E-state index in [0.29, 0.717) is 29.9 Å². The number of rotatable bonds is 7. The molecule has 0 aliphatic carbocycles. The van der Waals surface area contributed by atoms with Gasteiger partial charge in [0.1, 0.15) is 17.3 Å². The molecule has 1 atom stereocenters. The lowest BCUT2D eigenvalue weighted by Gasteiger charge is -2.25. The second-order valence-electron chi connectivity index (χ2n) is 7.07. The smallest absolute Gasteiger partial charge is 0.295 e. The third-order valence-electron chi connectivity index (χ3n) is 5.14. The predicted molar refractivity (Wildman–Crippen MR) is 110 cm³/mol. The largest absolute Gasteiger partial charge is 0.507 e. The Morgan fingerprint density at radius 1 is 1.13 bits per heavy atom. The normalized spacial score (nSPS) is 18.1. The van der Waals surface area contributed by atoms with Gasteiger partial charge in [0.2, 0.25) is 0 Å². The minimum Gasteiger partial charge on any atom is -0.507 e. The Morgan fingerprint density at radius 3 is 2.43 bits per heavy atom. The Hall–Kier alpha value is -3.19. The number of aryl methyl sites for hydroxylation is 1. The van der Waals surface area contributed by atoms with Crippen molar-refractivity contribution in [1.29, 1.82) is 0 Å². The molecule has 3 rings (SSSR count). The minimum atomic E-state index is -0.815. The summed E-state index contributed by atoms with van der Waals surface area (Å²) >= 11 is 0. The van der Waals surface area contributed by atoms with Gasteiger partial charge in [-0.3, -0.25) is 9.59 Å². The highest BCUT2D eigenvalue weighted by Gasteiger charge is 2.45. The Morgan fingerprint density at radius 2 is 1.83 bits per heavy atom. The molecule has 1 saturated heterocycles. The number of methoxy groups -OCH3 is 2. The van der Waals surface area contributed by atoms with E-state index in [2.05, 4.69) is 0 Å². The lowest BCUT2D eigenvalue weighted by Crippen LogP contribution is -2.31. The van der Waals surface area contributed by atoms with Crippen LogP contribution in [0.15, 0.2) is 48.0 Å². The van der Waals surface area contributed by atoms with Crippen LogP contribution < -0.4 is 4.74 Å². The van der Waals surface area contributed by atoms with Gasteiger partial charge < -0.3 is 19.5 Å². The third kappa shape index (κ3) is 4.07. The molecule has 1 aliphatic heterocycles. The minimum absolute atomic E-state index is 0.0198. The fraction of sp³-hybridized carbons (Fsp3) is 0.304. The number of nitrogens with zero attached hydrogens (tertiary/aromatic N) is 1. The summed E-state index contributed by atoms with van der Waals surface area (Å²) in [5, 5.41) is 11.0. The lowest BCUT2D eigenvalue weighted by molar-refractivity contribution is -0.140. The number of aliphatic hydroxyl groups excluding tert-OH is 1. The molecule has 158 valence electrons. The van der Waals surface area contributed by atoms with Gasteiger partial charge in [0.05, 0.1) is 18.7 Å². The van der Waals surface area contributed by atoms with Crippen LogP contribution in [-0.4, -0.2) is 49.1 Å². The van der Waals surface area contributed by atoms with Crippen LogP contribution in [0.3, 0.4) is 0 Å². The van der Waals surface area contributed by atoms with Crippen molar-refractivity contribution in [2.45, 2.75) is 19.4 Å². The number of likely N-dealkylation sites (tertiary alicyclic amines) is 1. The molecule has 0 unspecified atom stereocenters. The number of ketones is 1. The summed E-state index contributed by atoms with van der Waals surface area (Å²) in [6, 6.07) is 9.75. The second kappa shape index (κ2) is 9.09. The summed E-state index contributed by atoms with van der Waals surface area (Å²) < 4.78 is 23.8. The van der Waals surface area contributed by atoms with E-state index in [-0.39, 0.29) is 17.9 Å². The Kier molecular flexibility index (Phi) is 6.52. The summed E-state index contributed by atoms with van der Waals surface area (Å²) in [6.07, 6.45) is 0.517. The SMILES string of the molecule is COCCCN1C(=O)C(=O)C(=C(O)c2ccc(OC)c(C)c2)[C@@H]1c1ccc(F)cc1. The molecular formula is C23H24FNO5. The van der Waals surface area contributed by atoms with Gasteiger partial charge in [-0.1, -0.05) is 12.1 Å². The number of halogens is 1. The van der Waals surface area contributed by atoms with Crippen LogP contribution in [0.25, 0.3) is 5.76 Å². The molecular weight excluding hydrogens is 389 g/mol. The molecule has 0 bridgehead atoms. The lowest BCUT2D eigenvalue weighted by atomic mass is 9.94. The second-order valence-corrected chi connectivity index (χ2v) is 7.07. The van der Waals surface area contributed by atoms with Crippen molar-refractivity contribution in [1.82, 2.24) is 4.90 Å². The molecule has 1 N–H and O–H groups in total. The van der Waals surface area contributed by atoms with Gasteiger partial charge in [0.15, 0.2) is 0 Å². The van der Waals surface area contributed by atoms with Crippen molar-refractivity contribution in [2.24, 2.45) is 0 Å². The van der Waals surface area contributed by atoms with E-state index in [9.17, 15) is 19.1 Å². The maximum absolute atomic E-state index is 13.5. The van der Waals surface area contributed by atoms with E-state index in [4.69, 9.17) is 9.47 Å². The first kappa shape index (κ1) is 21.5. The third-order valence-corrected chi connectivity index (χ3v) is 5.14. The number of carbonyl (C=O) groups excluding carboxylic acids is 2. The zero-order valence-corrected chi connectivity index (χ0v) is 17.1. The van der Waals surface area contributed by atoms with Crippen molar-refractivity contribution >= 4 is 17.4 Å². The van der Waals surface area contributed by atoms with Crippen LogP contribution in [0.4, 0.5) is 4.39 Å². The van der Waals surface area contributed by atoms with Crippen LogP contribution in [0.1, 0.15) is 29.2 Å². The van der Waals surface area contributed by atoms with E-state index >= 15 is 0 Å². The van der Waals surface area contributed by atoms with Crippen molar-refractivity contribution < 1.29 is 28.6 Å².